The van der Waals surface area contributed by atoms with Crippen LogP contribution in [-0.2, 0) is 0 Å². The summed E-state index contributed by atoms with van der Waals surface area (Å²) in [6.45, 7) is 0. The highest BCUT2D eigenvalue weighted by Gasteiger charge is 2.26. The van der Waals surface area contributed by atoms with Crippen molar-refractivity contribution >= 4 is 54.3 Å². The van der Waals surface area contributed by atoms with Gasteiger partial charge in [0.05, 0.1) is 22.2 Å². The van der Waals surface area contributed by atoms with E-state index in [2.05, 4.69) is 215 Å². The predicted octanol–water partition coefficient (Wildman–Crippen LogP) is 14.0. The average molecular weight is 687 g/mol. The van der Waals surface area contributed by atoms with Crippen LogP contribution in [0.4, 0.5) is 0 Å². The molecule has 0 spiro atoms. The van der Waals surface area contributed by atoms with Gasteiger partial charge in [-0.15, -0.1) is 0 Å². The molecule has 0 saturated heterocycles. The first-order valence-electron chi connectivity index (χ1n) is 18.6. The second kappa shape index (κ2) is 12.2. The zero-order chi connectivity index (χ0) is 35.6. The Kier molecular flexibility index (Phi) is 6.90. The third kappa shape index (κ3) is 4.74. The molecule has 2 heteroatoms. The molecule has 0 aliphatic heterocycles. The number of hydrogen-bond donors (Lipinski definition) is 0. The van der Waals surface area contributed by atoms with Crippen LogP contribution in [0.1, 0.15) is 0 Å². The fourth-order valence-electron chi connectivity index (χ4n) is 8.61. The van der Waals surface area contributed by atoms with E-state index in [0.717, 1.165) is 11.4 Å². The predicted molar refractivity (Wildman–Crippen MR) is 229 cm³/mol. The molecule has 9 aromatic carbocycles. The van der Waals surface area contributed by atoms with Gasteiger partial charge in [-0.2, -0.15) is 0 Å². The van der Waals surface area contributed by atoms with Gasteiger partial charge in [0, 0.05) is 33.1 Å². The number of hydrogen-bond acceptors (Lipinski definition) is 0. The summed E-state index contributed by atoms with van der Waals surface area (Å²) in [5, 5.41) is 8.75. The van der Waals surface area contributed by atoms with E-state index in [1.165, 1.54) is 87.8 Å². The van der Waals surface area contributed by atoms with Crippen LogP contribution in [0.25, 0.3) is 99.1 Å². The van der Waals surface area contributed by atoms with Gasteiger partial charge in [-0.1, -0.05) is 158 Å². The number of benzene rings is 9. The number of para-hydroxylation sites is 2. The van der Waals surface area contributed by atoms with Crippen molar-refractivity contribution in [2.24, 2.45) is 0 Å². The molecule has 0 bridgehead atoms. The Bertz CT molecular complexity index is 3170. The molecule has 54 heavy (non-hydrogen) atoms. The molecule has 0 saturated carbocycles. The van der Waals surface area contributed by atoms with Gasteiger partial charge in [0.25, 0.3) is 0 Å². The van der Waals surface area contributed by atoms with Gasteiger partial charge >= 0.3 is 0 Å². The van der Waals surface area contributed by atoms with Gasteiger partial charge in [-0.25, -0.2) is 0 Å². The maximum Gasteiger partial charge on any atom is 0.0789 e. The molecule has 252 valence electrons. The summed E-state index contributed by atoms with van der Waals surface area (Å²) in [7, 11) is 0. The average Bonchev–Trinajstić information content (AvgIpc) is 3.77. The Morgan fingerprint density at radius 2 is 0.815 bits per heavy atom. The van der Waals surface area contributed by atoms with Gasteiger partial charge in [-0.3, -0.25) is 0 Å². The summed E-state index contributed by atoms with van der Waals surface area (Å²) >= 11 is 0. The maximum absolute atomic E-state index is 2.50. The summed E-state index contributed by atoms with van der Waals surface area (Å²) in [6, 6.07) is 75.2. The van der Waals surface area contributed by atoms with Crippen LogP contribution in [0.2, 0.25) is 0 Å². The Hall–Kier alpha value is -7.16. The lowest BCUT2D eigenvalue weighted by Gasteiger charge is -2.15. The first-order chi connectivity index (χ1) is 26.8. The van der Waals surface area contributed by atoms with Crippen LogP contribution < -0.4 is 0 Å². The molecule has 0 fully saturated rings. The van der Waals surface area contributed by atoms with Crippen LogP contribution in [0.5, 0.6) is 0 Å². The minimum atomic E-state index is 1.13. The minimum Gasteiger partial charge on any atom is -0.307 e. The van der Waals surface area contributed by atoms with Crippen molar-refractivity contribution in [2.45, 2.75) is 0 Å². The first kappa shape index (κ1) is 30.5. The normalized spacial score (nSPS) is 11.7. The van der Waals surface area contributed by atoms with E-state index in [-0.39, 0.29) is 0 Å². The smallest absolute Gasteiger partial charge is 0.0789 e. The van der Waals surface area contributed by atoms with E-state index < -0.39 is 0 Å². The molecular weight excluding hydrogens is 653 g/mol. The molecule has 2 aromatic heterocycles. The standard InChI is InChI=1S/C52H34N2/c1-4-14-36(15-5-1)49-47-31-30-46-45-22-12-13-23-48(45)53(51(46)52(47)54(43-20-8-3-9-21-43)50(49)37-16-6-2-7-17-37)44-28-26-35(27-29-44)40-24-25-41-32-38-18-10-11-19-39(38)33-42(41)34-40/h1-34H. The first-order valence-corrected chi connectivity index (χ1v) is 18.6. The fraction of sp³-hybridized carbons (Fsp3) is 0. The van der Waals surface area contributed by atoms with Crippen molar-refractivity contribution in [3.8, 4) is 44.9 Å². The van der Waals surface area contributed by atoms with Crippen molar-refractivity contribution in [1.82, 2.24) is 9.13 Å². The molecule has 11 rings (SSSR count). The molecule has 0 aliphatic rings. The summed E-state index contributed by atoms with van der Waals surface area (Å²) < 4.78 is 4.98. The minimum absolute atomic E-state index is 1.13. The molecule has 0 amide bonds. The van der Waals surface area contributed by atoms with Crippen molar-refractivity contribution in [3.63, 3.8) is 0 Å². The molecule has 2 heterocycles. The summed E-state index contributed by atoms with van der Waals surface area (Å²) in [5.74, 6) is 0. The molecule has 0 radical (unpaired) electrons. The Balaban J connectivity index is 1.19. The number of rotatable bonds is 5. The molecule has 0 unspecified atom stereocenters. The molecule has 0 atom stereocenters. The van der Waals surface area contributed by atoms with E-state index in [4.69, 9.17) is 0 Å². The highest BCUT2D eigenvalue weighted by atomic mass is 15.1. The monoisotopic (exact) mass is 686 g/mol. The van der Waals surface area contributed by atoms with Gasteiger partial charge < -0.3 is 9.13 Å². The summed E-state index contributed by atoms with van der Waals surface area (Å²) in [4.78, 5) is 0. The zero-order valence-corrected chi connectivity index (χ0v) is 29.5. The van der Waals surface area contributed by atoms with Crippen molar-refractivity contribution in [1.29, 1.82) is 0 Å². The van der Waals surface area contributed by atoms with Crippen LogP contribution in [0.15, 0.2) is 206 Å². The van der Waals surface area contributed by atoms with Gasteiger partial charge in [0.2, 0.25) is 0 Å². The van der Waals surface area contributed by atoms with Crippen LogP contribution >= 0.6 is 0 Å². The van der Waals surface area contributed by atoms with Gasteiger partial charge in [-0.05, 0) is 92.3 Å². The van der Waals surface area contributed by atoms with Crippen molar-refractivity contribution in [2.75, 3.05) is 0 Å². The molecule has 0 aliphatic carbocycles. The highest BCUT2D eigenvalue weighted by molar-refractivity contribution is 6.22. The number of aromatic nitrogens is 2. The third-order valence-electron chi connectivity index (χ3n) is 11.1. The SMILES string of the molecule is c1ccc(-c2c(-c3ccccc3)n(-c3ccccc3)c3c2ccc2c4ccccc4n(-c4ccc(-c5ccc6cc7ccccc7cc6c5)cc4)c23)cc1. The van der Waals surface area contributed by atoms with Crippen LogP contribution in [0, 0.1) is 0 Å². The molecular formula is C52H34N2. The van der Waals surface area contributed by atoms with Gasteiger partial charge in [0.1, 0.15) is 0 Å². The van der Waals surface area contributed by atoms with Crippen LogP contribution in [0.3, 0.4) is 0 Å². The topological polar surface area (TPSA) is 9.86 Å². The van der Waals surface area contributed by atoms with E-state index >= 15 is 0 Å². The van der Waals surface area contributed by atoms with E-state index in [9.17, 15) is 0 Å². The van der Waals surface area contributed by atoms with E-state index in [0.29, 0.717) is 0 Å². The van der Waals surface area contributed by atoms with Crippen molar-refractivity contribution in [3.05, 3.63) is 206 Å². The summed E-state index contributed by atoms with van der Waals surface area (Å²) in [5.41, 5.74) is 13.1. The Morgan fingerprint density at radius 1 is 0.278 bits per heavy atom. The van der Waals surface area contributed by atoms with E-state index in [1.807, 2.05) is 0 Å². The maximum atomic E-state index is 2.50. The Morgan fingerprint density at radius 3 is 1.56 bits per heavy atom. The quantitative estimate of drug-likeness (QED) is 0.160. The Labute approximate surface area is 313 Å². The molecule has 2 nitrogen and oxygen atoms in total. The lowest BCUT2D eigenvalue weighted by molar-refractivity contribution is 1.12. The third-order valence-corrected chi connectivity index (χ3v) is 11.1. The fourth-order valence-corrected chi connectivity index (χ4v) is 8.61. The molecule has 11 aromatic rings. The lowest BCUT2D eigenvalue weighted by Crippen LogP contribution is -2.00. The lowest BCUT2D eigenvalue weighted by atomic mass is 9.97. The van der Waals surface area contributed by atoms with Crippen molar-refractivity contribution < 1.29 is 0 Å². The zero-order valence-electron chi connectivity index (χ0n) is 29.5. The second-order valence-corrected chi connectivity index (χ2v) is 14.1. The molecule has 0 N–H and O–H groups in total. The second-order valence-electron chi connectivity index (χ2n) is 14.1. The largest absolute Gasteiger partial charge is 0.307 e. The van der Waals surface area contributed by atoms with Crippen LogP contribution in [-0.4, -0.2) is 9.13 Å². The van der Waals surface area contributed by atoms with Gasteiger partial charge in [0.15, 0.2) is 0 Å². The number of nitrogens with zero attached hydrogens (tertiary/aromatic N) is 2. The summed E-state index contributed by atoms with van der Waals surface area (Å²) in [6.07, 6.45) is 0. The van der Waals surface area contributed by atoms with E-state index in [1.54, 1.807) is 0 Å². The number of fused-ring (bicyclic) bond motifs is 7. The highest BCUT2D eigenvalue weighted by Crippen LogP contribution is 2.47.